The predicted molar refractivity (Wildman–Crippen MR) is 58.2 cm³/mol. The van der Waals surface area contributed by atoms with E-state index in [1.165, 1.54) is 0 Å². The third-order valence-corrected chi connectivity index (χ3v) is 1.47. The van der Waals surface area contributed by atoms with Gasteiger partial charge in [0.25, 0.3) is 0 Å². The molecular formula is C12H18O. The zero-order valence-corrected chi connectivity index (χ0v) is 8.87. The van der Waals surface area contributed by atoms with E-state index < -0.39 is 0 Å². The van der Waals surface area contributed by atoms with Crippen LogP contribution in [-0.2, 0) is 4.74 Å². The molecule has 0 aromatic carbocycles. The van der Waals surface area contributed by atoms with E-state index in [2.05, 4.69) is 0 Å². The maximum absolute atomic E-state index is 5.58. The Hall–Kier alpha value is -1.24. The fourth-order valence-corrected chi connectivity index (χ4v) is 0.843. The van der Waals surface area contributed by atoms with Gasteiger partial charge in [0.15, 0.2) is 0 Å². The number of allylic oxidation sites excluding steroid dienone is 6. The lowest BCUT2D eigenvalue weighted by Crippen LogP contribution is -1.87. The number of hydrogen-bond acceptors (Lipinski definition) is 1. The van der Waals surface area contributed by atoms with Crippen LogP contribution in [0.5, 0.6) is 0 Å². The van der Waals surface area contributed by atoms with Crippen LogP contribution >= 0.6 is 0 Å². The van der Waals surface area contributed by atoms with Gasteiger partial charge in [0, 0.05) is 0 Å². The molecular weight excluding hydrogens is 160 g/mol. The highest BCUT2D eigenvalue weighted by Crippen LogP contribution is 2.09. The Morgan fingerprint density at radius 1 is 0.769 bits per heavy atom. The lowest BCUT2D eigenvalue weighted by Gasteiger charge is -2.05. The van der Waals surface area contributed by atoms with Crippen molar-refractivity contribution in [3.05, 3.63) is 48.0 Å². The van der Waals surface area contributed by atoms with Gasteiger partial charge in [0.05, 0.1) is 0 Å². The topological polar surface area (TPSA) is 9.23 Å². The molecule has 0 atom stereocenters. The molecule has 0 saturated carbocycles. The average Bonchev–Trinajstić information content (AvgIpc) is 2.16. The molecule has 0 aromatic heterocycles. The highest BCUT2D eigenvalue weighted by molar-refractivity contribution is 5.18. The van der Waals surface area contributed by atoms with Crippen LogP contribution in [0.15, 0.2) is 48.0 Å². The first-order valence-electron chi connectivity index (χ1n) is 4.54. The van der Waals surface area contributed by atoms with Gasteiger partial charge < -0.3 is 4.74 Å². The summed E-state index contributed by atoms with van der Waals surface area (Å²) in [5, 5.41) is 0. The Bertz CT molecular complexity index is 216. The maximum atomic E-state index is 5.58. The summed E-state index contributed by atoms with van der Waals surface area (Å²) in [7, 11) is 0. The summed E-state index contributed by atoms with van der Waals surface area (Å²) >= 11 is 0. The molecule has 0 unspecified atom stereocenters. The van der Waals surface area contributed by atoms with Crippen LogP contribution in [0.1, 0.15) is 27.7 Å². The highest BCUT2D eigenvalue weighted by atomic mass is 16.5. The zero-order chi connectivity index (χ0) is 10.1. The summed E-state index contributed by atoms with van der Waals surface area (Å²) in [6, 6.07) is 0. The van der Waals surface area contributed by atoms with E-state index in [4.69, 9.17) is 4.74 Å². The Labute approximate surface area is 81.1 Å². The summed E-state index contributed by atoms with van der Waals surface area (Å²) in [5.74, 6) is 1.74. The normalized spacial score (nSPS) is 14.5. The highest BCUT2D eigenvalue weighted by Gasteiger charge is 1.93. The van der Waals surface area contributed by atoms with Crippen LogP contribution < -0.4 is 0 Å². The van der Waals surface area contributed by atoms with Gasteiger partial charge in [-0.3, -0.25) is 0 Å². The molecule has 72 valence electrons. The van der Waals surface area contributed by atoms with Crippen LogP contribution in [0.25, 0.3) is 0 Å². The van der Waals surface area contributed by atoms with E-state index in [9.17, 15) is 0 Å². The Morgan fingerprint density at radius 2 is 1.15 bits per heavy atom. The largest absolute Gasteiger partial charge is 0.458 e. The molecule has 0 amide bonds. The molecule has 13 heavy (non-hydrogen) atoms. The molecule has 0 spiro atoms. The minimum Gasteiger partial charge on any atom is -0.458 e. The van der Waals surface area contributed by atoms with Gasteiger partial charge in [-0.15, -0.1) is 0 Å². The van der Waals surface area contributed by atoms with Crippen molar-refractivity contribution < 1.29 is 4.74 Å². The van der Waals surface area contributed by atoms with E-state index >= 15 is 0 Å². The van der Waals surface area contributed by atoms with Gasteiger partial charge in [-0.2, -0.15) is 0 Å². The molecule has 1 nitrogen and oxygen atoms in total. The van der Waals surface area contributed by atoms with Crippen molar-refractivity contribution in [2.45, 2.75) is 27.7 Å². The van der Waals surface area contributed by atoms with Crippen molar-refractivity contribution in [2.24, 2.45) is 0 Å². The smallest absolute Gasteiger partial charge is 0.122 e. The number of ether oxygens (including phenoxy) is 1. The molecule has 0 radical (unpaired) electrons. The molecule has 0 rings (SSSR count). The molecule has 0 aliphatic carbocycles. The van der Waals surface area contributed by atoms with Gasteiger partial charge >= 0.3 is 0 Å². The van der Waals surface area contributed by atoms with Crippen LogP contribution in [0.2, 0.25) is 0 Å². The molecule has 0 aromatic rings. The first-order valence-corrected chi connectivity index (χ1v) is 4.54. The average molecular weight is 178 g/mol. The summed E-state index contributed by atoms with van der Waals surface area (Å²) in [5.41, 5.74) is 0. The fourth-order valence-electron chi connectivity index (χ4n) is 0.843. The van der Waals surface area contributed by atoms with Crippen molar-refractivity contribution >= 4 is 0 Å². The second kappa shape index (κ2) is 7.41. The van der Waals surface area contributed by atoms with E-state index in [0.29, 0.717) is 0 Å². The van der Waals surface area contributed by atoms with Crippen molar-refractivity contribution in [3.8, 4) is 0 Å². The van der Waals surface area contributed by atoms with Gasteiger partial charge in [-0.05, 0) is 52.0 Å². The summed E-state index contributed by atoms with van der Waals surface area (Å²) < 4.78 is 5.58. The monoisotopic (exact) mass is 178 g/mol. The third kappa shape index (κ3) is 5.07. The van der Waals surface area contributed by atoms with Gasteiger partial charge in [0.1, 0.15) is 11.5 Å². The second-order valence-electron chi connectivity index (χ2n) is 2.48. The van der Waals surface area contributed by atoms with Gasteiger partial charge in [-0.1, -0.05) is 12.2 Å². The van der Waals surface area contributed by atoms with Crippen LogP contribution in [-0.4, -0.2) is 0 Å². The molecule has 0 bridgehead atoms. The Kier molecular flexibility index (Phi) is 6.70. The SMILES string of the molecule is CC=CC(=CC)OC(C=CC)=CC. The van der Waals surface area contributed by atoms with E-state index in [0.717, 1.165) is 11.5 Å². The second-order valence-corrected chi connectivity index (χ2v) is 2.48. The number of rotatable bonds is 4. The Morgan fingerprint density at radius 3 is 1.38 bits per heavy atom. The standard InChI is InChI=1S/C12H18O/c1-5-9-11(7-3)13-12(8-4)10-6-2/h5-10H,1-4H3. The molecule has 0 fully saturated rings. The predicted octanol–water partition coefficient (Wildman–Crippen LogP) is 3.96. The molecule has 0 aliphatic rings. The molecule has 1 heteroatoms. The molecule has 0 saturated heterocycles. The minimum absolute atomic E-state index is 0.869. The van der Waals surface area contributed by atoms with E-state index in [-0.39, 0.29) is 0 Å². The number of hydrogen-bond donors (Lipinski definition) is 0. The molecule has 0 N–H and O–H groups in total. The summed E-state index contributed by atoms with van der Waals surface area (Å²) in [6.07, 6.45) is 11.7. The van der Waals surface area contributed by atoms with Crippen LogP contribution in [0.4, 0.5) is 0 Å². The lowest BCUT2D eigenvalue weighted by molar-refractivity contribution is 0.334. The van der Waals surface area contributed by atoms with E-state index in [1.54, 1.807) is 0 Å². The lowest BCUT2D eigenvalue weighted by atomic mass is 10.3. The van der Waals surface area contributed by atoms with Gasteiger partial charge in [-0.25, -0.2) is 0 Å². The first kappa shape index (κ1) is 11.8. The molecule has 0 heterocycles. The van der Waals surface area contributed by atoms with Crippen molar-refractivity contribution in [3.63, 3.8) is 0 Å². The minimum atomic E-state index is 0.869. The molecule has 0 aliphatic heterocycles. The quantitative estimate of drug-likeness (QED) is 0.467. The fraction of sp³-hybridized carbons (Fsp3) is 0.333. The summed E-state index contributed by atoms with van der Waals surface area (Å²) in [4.78, 5) is 0. The summed E-state index contributed by atoms with van der Waals surface area (Å²) in [6.45, 7) is 7.85. The van der Waals surface area contributed by atoms with Crippen LogP contribution in [0, 0.1) is 0 Å². The van der Waals surface area contributed by atoms with E-state index in [1.807, 2.05) is 64.2 Å². The van der Waals surface area contributed by atoms with Crippen molar-refractivity contribution in [2.75, 3.05) is 0 Å². The first-order chi connectivity index (χ1) is 6.28. The third-order valence-electron chi connectivity index (χ3n) is 1.47. The van der Waals surface area contributed by atoms with Crippen molar-refractivity contribution in [1.29, 1.82) is 0 Å². The van der Waals surface area contributed by atoms with Crippen molar-refractivity contribution in [1.82, 2.24) is 0 Å². The Balaban J connectivity index is 4.39. The maximum Gasteiger partial charge on any atom is 0.122 e. The van der Waals surface area contributed by atoms with Gasteiger partial charge in [0.2, 0.25) is 0 Å². The van der Waals surface area contributed by atoms with Crippen LogP contribution in [0.3, 0.4) is 0 Å². The zero-order valence-electron chi connectivity index (χ0n) is 8.87.